The van der Waals surface area contributed by atoms with Crippen LogP contribution in [0.1, 0.15) is 34.1 Å². The van der Waals surface area contributed by atoms with Crippen molar-refractivity contribution in [2.45, 2.75) is 19.3 Å². The van der Waals surface area contributed by atoms with E-state index in [1.54, 1.807) is 18.5 Å². The molecule has 1 saturated heterocycles. The molecule has 2 N–H and O–H groups in total. The molecule has 0 bridgehead atoms. The Morgan fingerprint density at radius 2 is 2.25 bits per heavy atom. The van der Waals surface area contributed by atoms with E-state index < -0.39 is 0 Å². The van der Waals surface area contributed by atoms with Crippen molar-refractivity contribution < 1.29 is 4.79 Å². The standard InChI is InChI=1S/C17H18N6O/c1-11-8-19-22-16(11)13-4-6-23(10-13)17(24)15-7-14(20-21-15)12-3-2-5-18-9-12/h2-3,5,7-9,13H,4,6,10H2,1H3,(H,19,22)(H,20,21). The zero-order valence-electron chi connectivity index (χ0n) is 13.4. The minimum atomic E-state index is -0.0164. The largest absolute Gasteiger partial charge is 0.337 e. The number of nitrogens with zero attached hydrogens (tertiary/aromatic N) is 4. The fourth-order valence-corrected chi connectivity index (χ4v) is 3.21. The highest BCUT2D eigenvalue weighted by atomic mass is 16.2. The van der Waals surface area contributed by atoms with E-state index in [2.05, 4.69) is 25.4 Å². The van der Waals surface area contributed by atoms with E-state index in [-0.39, 0.29) is 5.91 Å². The minimum absolute atomic E-state index is 0.0164. The van der Waals surface area contributed by atoms with Crippen LogP contribution in [0.3, 0.4) is 0 Å². The summed E-state index contributed by atoms with van der Waals surface area (Å²) < 4.78 is 0. The van der Waals surface area contributed by atoms with Crippen molar-refractivity contribution in [3.05, 3.63) is 53.7 Å². The molecule has 3 aromatic rings. The summed E-state index contributed by atoms with van der Waals surface area (Å²) in [5, 5.41) is 14.2. The highest BCUT2D eigenvalue weighted by molar-refractivity contribution is 5.93. The molecular weight excluding hydrogens is 304 g/mol. The highest BCUT2D eigenvalue weighted by Gasteiger charge is 2.30. The summed E-state index contributed by atoms with van der Waals surface area (Å²) in [5.74, 6) is 0.300. The number of nitrogens with one attached hydrogen (secondary N) is 2. The molecule has 1 unspecified atom stereocenters. The van der Waals surface area contributed by atoms with Crippen molar-refractivity contribution >= 4 is 5.91 Å². The van der Waals surface area contributed by atoms with E-state index in [4.69, 9.17) is 0 Å². The third-order valence-corrected chi connectivity index (χ3v) is 4.52. The molecule has 1 amide bonds. The van der Waals surface area contributed by atoms with Gasteiger partial charge >= 0.3 is 0 Å². The molecule has 3 aromatic heterocycles. The number of aryl methyl sites for hydroxylation is 1. The van der Waals surface area contributed by atoms with Gasteiger partial charge in [0.05, 0.1) is 11.9 Å². The summed E-state index contributed by atoms with van der Waals surface area (Å²) in [6.07, 6.45) is 6.22. The first-order chi connectivity index (χ1) is 11.7. The van der Waals surface area contributed by atoms with Crippen molar-refractivity contribution in [1.29, 1.82) is 0 Å². The number of amides is 1. The SMILES string of the molecule is Cc1cn[nH]c1C1CCN(C(=O)c2cc(-c3cccnc3)n[nH]2)C1. The number of hydrogen-bond acceptors (Lipinski definition) is 4. The molecule has 7 heteroatoms. The Morgan fingerprint density at radius 3 is 3.00 bits per heavy atom. The van der Waals surface area contributed by atoms with Gasteiger partial charge < -0.3 is 4.90 Å². The number of H-pyrrole nitrogens is 2. The average Bonchev–Trinajstić information content (AvgIpc) is 3.35. The van der Waals surface area contributed by atoms with E-state index in [1.165, 1.54) is 0 Å². The Balaban J connectivity index is 1.49. The summed E-state index contributed by atoms with van der Waals surface area (Å²) >= 11 is 0. The summed E-state index contributed by atoms with van der Waals surface area (Å²) in [6.45, 7) is 3.48. The smallest absolute Gasteiger partial charge is 0.271 e. The normalized spacial score (nSPS) is 17.4. The van der Waals surface area contributed by atoms with Crippen molar-refractivity contribution in [2.24, 2.45) is 0 Å². The number of carbonyl (C=O) groups excluding carboxylic acids is 1. The molecule has 122 valence electrons. The van der Waals surface area contributed by atoms with Crippen LogP contribution in [0.2, 0.25) is 0 Å². The van der Waals surface area contributed by atoms with Gasteiger partial charge in [-0.1, -0.05) is 0 Å². The van der Waals surface area contributed by atoms with Crippen LogP contribution in [0.15, 0.2) is 36.8 Å². The molecule has 1 aliphatic heterocycles. The van der Waals surface area contributed by atoms with Gasteiger partial charge in [-0.15, -0.1) is 0 Å². The molecule has 0 spiro atoms. The molecule has 0 aliphatic carbocycles. The maximum atomic E-state index is 12.7. The fourth-order valence-electron chi connectivity index (χ4n) is 3.21. The Hall–Kier alpha value is -2.96. The molecule has 1 aliphatic rings. The lowest BCUT2D eigenvalue weighted by molar-refractivity contribution is 0.0785. The van der Waals surface area contributed by atoms with Gasteiger partial charge in [0.25, 0.3) is 5.91 Å². The van der Waals surface area contributed by atoms with Crippen molar-refractivity contribution in [1.82, 2.24) is 30.3 Å². The first-order valence-corrected chi connectivity index (χ1v) is 7.97. The molecular formula is C17H18N6O. The Bertz CT molecular complexity index is 853. The van der Waals surface area contributed by atoms with Crippen LogP contribution in [-0.2, 0) is 0 Å². The Morgan fingerprint density at radius 1 is 1.33 bits per heavy atom. The van der Waals surface area contributed by atoms with E-state index in [1.807, 2.05) is 30.2 Å². The molecule has 4 heterocycles. The summed E-state index contributed by atoms with van der Waals surface area (Å²) in [5.41, 5.74) is 4.41. The molecule has 0 saturated carbocycles. The number of pyridine rings is 1. The zero-order chi connectivity index (χ0) is 16.5. The number of hydrogen-bond donors (Lipinski definition) is 2. The number of aromatic amines is 2. The monoisotopic (exact) mass is 322 g/mol. The van der Waals surface area contributed by atoms with Gasteiger partial charge in [0.1, 0.15) is 5.69 Å². The Labute approximate surface area is 139 Å². The number of rotatable bonds is 3. The number of likely N-dealkylation sites (tertiary alicyclic amines) is 1. The molecule has 0 aromatic carbocycles. The molecule has 24 heavy (non-hydrogen) atoms. The second-order valence-electron chi connectivity index (χ2n) is 6.11. The summed E-state index contributed by atoms with van der Waals surface area (Å²) in [6, 6.07) is 5.56. The van der Waals surface area contributed by atoms with Gasteiger partial charge in [-0.25, -0.2) is 0 Å². The van der Waals surface area contributed by atoms with Crippen LogP contribution >= 0.6 is 0 Å². The van der Waals surface area contributed by atoms with E-state index in [0.717, 1.165) is 35.5 Å². The third-order valence-electron chi connectivity index (χ3n) is 4.52. The van der Waals surface area contributed by atoms with Crippen LogP contribution in [-0.4, -0.2) is 49.3 Å². The molecule has 1 fully saturated rings. The number of carbonyl (C=O) groups is 1. The van der Waals surface area contributed by atoms with Crippen LogP contribution in [0, 0.1) is 6.92 Å². The second-order valence-corrected chi connectivity index (χ2v) is 6.11. The molecule has 4 rings (SSSR count). The predicted octanol–water partition coefficient (Wildman–Crippen LogP) is 2.13. The van der Waals surface area contributed by atoms with Gasteiger partial charge in [-0.2, -0.15) is 10.2 Å². The summed E-state index contributed by atoms with van der Waals surface area (Å²) in [4.78, 5) is 18.7. The van der Waals surface area contributed by atoms with Crippen LogP contribution in [0.25, 0.3) is 11.3 Å². The zero-order valence-corrected chi connectivity index (χ0v) is 13.4. The van der Waals surface area contributed by atoms with Crippen molar-refractivity contribution in [3.8, 4) is 11.3 Å². The van der Waals surface area contributed by atoms with Crippen molar-refractivity contribution in [3.63, 3.8) is 0 Å². The lowest BCUT2D eigenvalue weighted by atomic mass is 10.0. The van der Waals surface area contributed by atoms with E-state index in [0.29, 0.717) is 18.2 Å². The lowest BCUT2D eigenvalue weighted by Gasteiger charge is -2.15. The highest BCUT2D eigenvalue weighted by Crippen LogP contribution is 2.28. The van der Waals surface area contributed by atoms with Gasteiger partial charge in [0, 0.05) is 42.7 Å². The van der Waals surface area contributed by atoms with Crippen LogP contribution in [0.4, 0.5) is 0 Å². The molecule has 7 nitrogen and oxygen atoms in total. The average molecular weight is 322 g/mol. The number of aromatic nitrogens is 5. The Kier molecular flexibility index (Phi) is 3.60. The van der Waals surface area contributed by atoms with E-state index >= 15 is 0 Å². The van der Waals surface area contributed by atoms with Gasteiger partial charge in [-0.05, 0) is 37.1 Å². The topological polar surface area (TPSA) is 90.6 Å². The van der Waals surface area contributed by atoms with Crippen LogP contribution in [0.5, 0.6) is 0 Å². The third kappa shape index (κ3) is 2.58. The molecule has 1 atom stereocenters. The van der Waals surface area contributed by atoms with Gasteiger partial charge in [-0.3, -0.25) is 20.0 Å². The minimum Gasteiger partial charge on any atom is -0.337 e. The maximum absolute atomic E-state index is 12.7. The fraction of sp³-hybridized carbons (Fsp3) is 0.294. The van der Waals surface area contributed by atoms with Gasteiger partial charge in [0.15, 0.2) is 0 Å². The lowest BCUT2D eigenvalue weighted by Crippen LogP contribution is -2.28. The van der Waals surface area contributed by atoms with Gasteiger partial charge in [0.2, 0.25) is 0 Å². The van der Waals surface area contributed by atoms with E-state index in [9.17, 15) is 4.79 Å². The quantitative estimate of drug-likeness (QED) is 0.773. The van der Waals surface area contributed by atoms with Crippen LogP contribution < -0.4 is 0 Å². The van der Waals surface area contributed by atoms with Crippen molar-refractivity contribution in [2.75, 3.05) is 13.1 Å². The second kappa shape index (κ2) is 5.92. The first-order valence-electron chi connectivity index (χ1n) is 7.97. The molecule has 0 radical (unpaired) electrons. The maximum Gasteiger partial charge on any atom is 0.271 e. The summed E-state index contributed by atoms with van der Waals surface area (Å²) in [7, 11) is 0. The predicted molar refractivity (Wildman–Crippen MR) is 88.4 cm³/mol. The first kappa shape index (κ1) is 14.6.